The number of amides is 1. The molecule has 33 heavy (non-hydrogen) atoms. The molecule has 3 aromatic rings. The third kappa shape index (κ3) is 3.96. The number of hydrogen-bond donors (Lipinski definition) is 0. The Bertz CT molecular complexity index is 1290. The molecule has 0 aliphatic carbocycles. The summed E-state index contributed by atoms with van der Waals surface area (Å²) in [7, 11) is 0. The highest BCUT2D eigenvalue weighted by Crippen LogP contribution is 2.34. The molecule has 1 saturated heterocycles. The number of benzene rings is 3. The zero-order chi connectivity index (χ0) is 22.9. The van der Waals surface area contributed by atoms with Crippen LogP contribution in [-0.4, -0.2) is 35.0 Å². The topological polar surface area (TPSA) is 59.1 Å². The monoisotopic (exact) mass is 460 g/mol. The van der Waals surface area contributed by atoms with Crippen molar-refractivity contribution in [1.29, 1.82) is 0 Å². The fourth-order valence-corrected chi connectivity index (χ4v) is 4.02. The predicted octanol–water partition coefficient (Wildman–Crippen LogP) is 4.41. The Morgan fingerprint density at radius 2 is 1.73 bits per heavy atom. The lowest BCUT2D eigenvalue weighted by molar-refractivity contribution is -0.114. The fraction of sp³-hybridized carbons (Fsp3) is 0.0800. The average molecular weight is 460 g/mol. The van der Waals surface area contributed by atoms with Crippen LogP contribution in [0.5, 0.6) is 11.5 Å². The number of halogens is 1. The third-order valence-electron chi connectivity index (χ3n) is 5.32. The molecule has 0 unspecified atom stereocenters. The molecule has 0 radical (unpaired) electrons. The highest BCUT2D eigenvalue weighted by Gasteiger charge is 2.40. The first kappa shape index (κ1) is 20.8. The molecule has 0 bridgehead atoms. The van der Waals surface area contributed by atoms with Gasteiger partial charge in [-0.15, -0.1) is 0 Å². The third-order valence-corrected chi connectivity index (χ3v) is 5.72. The van der Waals surface area contributed by atoms with Crippen molar-refractivity contribution in [2.75, 3.05) is 18.2 Å². The molecule has 6 nitrogen and oxygen atoms in total. The first-order chi connectivity index (χ1) is 16.0. The predicted molar refractivity (Wildman–Crippen MR) is 125 cm³/mol. The first-order valence-electron chi connectivity index (χ1n) is 10.1. The summed E-state index contributed by atoms with van der Waals surface area (Å²) in [5.41, 5.74) is 1.87. The summed E-state index contributed by atoms with van der Waals surface area (Å²) >= 11 is 5.62. The van der Waals surface area contributed by atoms with Gasteiger partial charge < -0.3 is 14.4 Å². The van der Waals surface area contributed by atoms with Crippen LogP contribution in [0.3, 0.4) is 0 Å². The van der Waals surface area contributed by atoms with E-state index in [9.17, 15) is 14.0 Å². The number of ketones is 1. The Labute approximate surface area is 194 Å². The molecule has 2 aliphatic heterocycles. The second-order valence-electron chi connectivity index (χ2n) is 7.42. The number of para-hydroxylation sites is 1. The highest BCUT2D eigenvalue weighted by atomic mass is 32.1. The van der Waals surface area contributed by atoms with Gasteiger partial charge >= 0.3 is 0 Å². The van der Waals surface area contributed by atoms with Gasteiger partial charge in [-0.2, -0.15) is 0 Å². The maximum atomic E-state index is 13.4. The zero-order valence-corrected chi connectivity index (χ0v) is 18.0. The van der Waals surface area contributed by atoms with Crippen LogP contribution >= 0.6 is 12.2 Å². The molecule has 5 rings (SSSR count). The van der Waals surface area contributed by atoms with Crippen LogP contribution < -0.4 is 14.4 Å². The van der Waals surface area contributed by atoms with Crippen LogP contribution in [0.2, 0.25) is 0 Å². The number of hydrogen-bond acceptors (Lipinski definition) is 5. The molecule has 3 aromatic carbocycles. The van der Waals surface area contributed by atoms with Crippen LogP contribution in [0.25, 0.3) is 6.08 Å². The second-order valence-corrected chi connectivity index (χ2v) is 7.78. The van der Waals surface area contributed by atoms with E-state index in [0.717, 1.165) is 0 Å². The molecule has 0 N–H and O–H groups in total. The van der Waals surface area contributed by atoms with Gasteiger partial charge in [-0.3, -0.25) is 14.5 Å². The van der Waals surface area contributed by atoms with Gasteiger partial charge in [-0.25, -0.2) is 4.39 Å². The van der Waals surface area contributed by atoms with Crippen molar-refractivity contribution in [2.45, 2.75) is 0 Å². The summed E-state index contributed by atoms with van der Waals surface area (Å²) < 4.78 is 24.1. The number of carbonyl (C=O) groups excluding carboxylic acids is 2. The molecule has 0 atom stereocenters. The minimum Gasteiger partial charge on any atom is -0.454 e. The molecule has 0 spiro atoms. The Balaban J connectivity index is 1.53. The van der Waals surface area contributed by atoms with E-state index >= 15 is 0 Å². The van der Waals surface area contributed by atoms with Gasteiger partial charge in [-0.05, 0) is 72.4 Å². The first-order valence-corrected chi connectivity index (χ1v) is 10.5. The van der Waals surface area contributed by atoms with Gasteiger partial charge in [0.1, 0.15) is 11.5 Å². The van der Waals surface area contributed by atoms with Crippen molar-refractivity contribution in [3.8, 4) is 11.5 Å². The molecule has 1 amide bonds. The Hall–Kier alpha value is -4.04. The van der Waals surface area contributed by atoms with Crippen molar-refractivity contribution < 1.29 is 23.5 Å². The lowest BCUT2D eigenvalue weighted by Gasteiger charge is -2.19. The lowest BCUT2D eigenvalue weighted by atomic mass is 10.1. The Morgan fingerprint density at radius 3 is 2.48 bits per heavy atom. The van der Waals surface area contributed by atoms with E-state index in [-0.39, 0.29) is 35.8 Å². The van der Waals surface area contributed by atoms with Crippen molar-refractivity contribution in [3.05, 3.63) is 95.4 Å². The zero-order valence-electron chi connectivity index (χ0n) is 17.2. The van der Waals surface area contributed by atoms with E-state index in [1.54, 1.807) is 48.5 Å². The summed E-state index contributed by atoms with van der Waals surface area (Å²) in [4.78, 5) is 29.3. The SMILES string of the molecule is O=C(CN1C(=S)N(c2ccccc2)C(=O)/C1=C\c1ccc2c(c1)OCO2)c1ccc(F)cc1. The number of nitrogens with zero attached hydrogens (tertiary/aromatic N) is 2. The Kier molecular flexibility index (Phi) is 5.35. The van der Waals surface area contributed by atoms with Crippen LogP contribution in [0.1, 0.15) is 15.9 Å². The van der Waals surface area contributed by atoms with Crippen molar-refractivity contribution in [2.24, 2.45) is 0 Å². The van der Waals surface area contributed by atoms with E-state index in [2.05, 4.69) is 0 Å². The average Bonchev–Trinajstić information content (AvgIpc) is 3.38. The molecule has 2 heterocycles. The van der Waals surface area contributed by atoms with Gasteiger partial charge in [0.2, 0.25) is 6.79 Å². The number of anilines is 1. The lowest BCUT2D eigenvalue weighted by Crippen LogP contribution is -2.35. The minimum atomic E-state index is -0.433. The van der Waals surface area contributed by atoms with E-state index in [0.29, 0.717) is 28.3 Å². The normalized spacial score (nSPS) is 16.1. The van der Waals surface area contributed by atoms with E-state index in [1.807, 2.05) is 6.07 Å². The largest absolute Gasteiger partial charge is 0.454 e. The molecule has 1 fully saturated rings. The summed E-state index contributed by atoms with van der Waals surface area (Å²) in [5.74, 6) is 0.121. The van der Waals surface area contributed by atoms with Crippen molar-refractivity contribution >= 4 is 40.8 Å². The van der Waals surface area contributed by atoms with Gasteiger partial charge in [0, 0.05) is 5.56 Å². The molecule has 2 aliphatic rings. The fourth-order valence-electron chi connectivity index (χ4n) is 3.67. The summed E-state index contributed by atoms with van der Waals surface area (Å²) in [6, 6.07) is 19.6. The summed E-state index contributed by atoms with van der Waals surface area (Å²) in [5, 5.41) is 0.189. The van der Waals surface area contributed by atoms with Crippen molar-refractivity contribution in [1.82, 2.24) is 4.90 Å². The minimum absolute atomic E-state index is 0.137. The van der Waals surface area contributed by atoms with Crippen LogP contribution in [0.4, 0.5) is 10.1 Å². The Morgan fingerprint density at radius 1 is 1.00 bits per heavy atom. The second kappa shape index (κ2) is 8.48. The maximum Gasteiger partial charge on any atom is 0.281 e. The van der Waals surface area contributed by atoms with Gasteiger partial charge in [0.25, 0.3) is 5.91 Å². The van der Waals surface area contributed by atoms with Crippen LogP contribution in [0.15, 0.2) is 78.5 Å². The number of ether oxygens (including phenoxy) is 2. The molecular formula is C25H17FN2O4S. The number of thiocarbonyl (C=S) groups is 1. The van der Waals surface area contributed by atoms with Gasteiger partial charge in [0.15, 0.2) is 22.4 Å². The number of fused-ring (bicyclic) bond motifs is 1. The number of carbonyl (C=O) groups is 2. The van der Waals surface area contributed by atoms with Crippen molar-refractivity contribution in [3.63, 3.8) is 0 Å². The maximum absolute atomic E-state index is 13.4. The molecule has 0 saturated carbocycles. The molecular weight excluding hydrogens is 443 g/mol. The van der Waals surface area contributed by atoms with Crippen LogP contribution in [0, 0.1) is 5.82 Å². The quantitative estimate of drug-likeness (QED) is 0.319. The van der Waals surface area contributed by atoms with Gasteiger partial charge in [0.05, 0.1) is 12.2 Å². The highest BCUT2D eigenvalue weighted by molar-refractivity contribution is 7.80. The van der Waals surface area contributed by atoms with Crippen LogP contribution in [-0.2, 0) is 4.79 Å². The standard InChI is InChI=1S/C25H17FN2O4S/c26-18-9-7-17(8-10-18)21(29)14-27-20(12-16-6-11-22-23(13-16)32-15-31-22)24(30)28(25(27)33)19-4-2-1-3-5-19/h1-13H,14-15H2/b20-12+. The van der Waals surface area contributed by atoms with E-state index < -0.39 is 5.82 Å². The van der Waals surface area contributed by atoms with E-state index in [1.165, 1.54) is 34.1 Å². The summed E-state index contributed by atoms with van der Waals surface area (Å²) in [6.07, 6.45) is 1.66. The van der Waals surface area contributed by atoms with Gasteiger partial charge in [-0.1, -0.05) is 24.3 Å². The molecule has 8 heteroatoms. The summed E-state index contributed by atoms with van der Waals surface area (Å²) in [6.45, 7) is -0.0334. The van der Waals surface area contributed by atoms with E-state index in [4.69, 9.17) is 21.7 Å². The number of Topliss-reactive ketones (excluding diaryl/α,β-unsaturated/α-hetero) is 1. The smallest absolute Gasteiger partial charge is 0.281 e. The number of rotatable bonds is 5. The molecule has 0 aromatic heterocycles. The molecule has 164 valence electrons.